The zero-order chi connectivity index (χ0) is 14.5. The van der Waals surface area contributed by atoms with Gasteiger partial charge in [-0.05, 0) is 23.6 Å². The molecule has 0 amide bonds. The summed E-state index contributed by atoms with van der Waals surface area (Å²) in [5, 5.41) is 9.82. The van der Waals surface area contributed by atoms with Crippen LogP contribution in [0, 0.1) is 11.7 Å². The molecule has 2 N–H and O–H groups in total. The zero-order valence-corrected chi connectivity index (χ0v) is 12.0. The first kappa shape index (κ1) is 16.1. The van der Waals surface area contributed by atoms with Gasteiger partial charge in [0.2, 0.25) is 10.0 Å². The monoisotopic (exact) mass is 289 g/mol. The van der Waals surface area contributed by atoms with Crippen molar-refractivity contribution in [1.82, 2.24) is 4.72 Å². The molecule has 1 aromatic carbocycles. The number of aliphatic hydroxyl groups excluding tert-OH is 1. The lowest BCUT2D eigenvalue weighted by Gasteiger charge is -2.14. The van der Waals surface area contributed by atoms with E-state index in [1.807, 2.05) is 13.8 Å². The molecule has 0 fully saturated rings. The summed E-state index contributed by atoms with van der Waals surface area (Å²) in [5.41, 5.74) is 0.479. The van der Waals surface area contributed by atoms with E-state index in [0.717, 1.165) is 6.42 Å². The molecular formula is C13H20FNO3S. The molecule has 6 heteroatoms. The summed E-state index contributed by atoms with van der Waals surface area (Å²) >= 11 is 0. The maximum Gasteiger partial charge on any atom is 0.211 e. The van der Waals surface area contributed by atoms with Crippen molar-refractivity contribution < 1.29 is 17.9 Å². The average molecular weight is 289 g/mol. The van der Waals surface area contributed by atoms with Gasteiger partial charge in [0, 0.05) is 6.54 Å². The Bertz CT molecular complexity index is 487. The molecule has 0 aliphatic rings. The highest BCUT2D eigenvalue weighted by atomic mass is 32.2. The maximum absolute atomic E-state index is 12.7. The lowest BCUT2D eigenvalue weighted by Crippen LogP contribution is -2.32. The Labute approximate surface area is 113 Å². The number of halogens is 1. The van der Waals surface area contributed by atoms with Gasteiger partial charge in [-0.25, -0.2) is 17.5 Å². The van der Waals surface area contributed by atoms with Gasteiger partial charge in [0.15, 0.2) is 0 Å². The van der Waals surface area contributed by atoms with Gasteiger partial charge in [-0.2, -0.15) is 0 Å². The molecule has 0 aliphatic carbocycles. The van der Waals surface area contributed by atoms with Crippen molar-refractivity contribution in [3.8, 4) is 0 Å². The SMILES string of the molecule is CCC(C)CS(=O)(=O)NCC(O)c1ccc(F)cc1. The van der Waals surface area contributed by atoms with Crippen molar-refractivity contribution in [2.24, 2.45) is 5.92 Å². The molecule has 108 valence electrons. The van der Waals surface area contributed by atoms with Crippen LogP contribution in [0.15, 0.2) is 24.3 Å². The van der Waals surface area contributed by atoms with Crippen molar-refractivity contribution in [2.45, 2.75) is 26.4 Å². The van der Waals surface area contributed by atoms with Crippen LogP contribution in [0.2, 0.25) is 0 Å². The van der Waals surface area contributed by atoms with E-state index in [4.69, 9.17) is 0 Å². The summed E-state index contributed by atoms with van der Waals surface area (Å²) in [6.45, 7) is 3.67. The molecule has 0 aliphatic heterocycles. The van der Waals surface area contributed by atoms with Gasteiger partial charge in [-0.15, -0.1) is 0 Å². The maximum atomic E-state index is 12.7. The number of benzene rings is 1. The predicted molar refractivity (Wildman–Crippen MR) is 72.6 cm³/mol. The van der Waals surface area contributed by atoms with Gasteiger partial charge in [0.25, 0.3) is 0 Å². The Balaban J connectivity index is 2.54. The fourth-order valence-electron chi connectivity index (χ4n) is 1.56. The number of hydrogen-bond donors (Lipinski definition) is 2. The Morgan fingerprint density at radius 2 is 1.89 bits per heavy atom. The zero-order valence-electron chi connectivity index (χ0n) is 11.1. The van der Waals surface area contributed by atoms with Crippen LogP contribution in [0.3, 0.4) is 0 Å². The van der Waals surface area contributed by atoms with Gasteiger partial charge in [-0.3, -0.25) is 0 Å². The van der Waals surface area contributed by atoms with E-state index < -0.39 is 21.9 Å². The number of sulfonamides is 1. The predicted octanol–water partition coefficient (Wildman–Crippen LogP) is 1.82. The molecule has 2 unspecified atom stereocenters. The van der Waals surface area contributed by atoms with Crippen molar-refractivity contribution in [2.75, 3.05) is 12.3 Å². The highest BCUT2D eigenvalue weighted by molar-refractivity contribution is 7.89. The molecule has 1 rings (SSSR count). The van der Waals surface area contributed by atoms with Crippen LogP contribution in [0.25, 0.3) is 0 Å². The Kier molecular flexibility index (Phi) is 5.90. The minimum absolute atomic E-state index is 0.0413. The van der Waals surface area contributed by atoms with Crippen molar-refractivity contribution in [3.05, 3.63) is 35.6 Å². The van der Waals surface area contributed by atoms with Crippen LogP contribution in [-0.4, -0.2) is 25.8 Å². The second-order valence-corrected chi connectivity index (χ2v) is 6.56. The van der Waals surface area contributed by atoms with E-state index >= 15 is 0 Å². The minimum atomic E-state index is -3.39. The van der Waals surface area contributed by atoms with Gasteiger partial charge >= 0.3 is 0 Å². The molecule has 0 aromatic heterocycles. The largest absolute Gasteiger partial charge is 0.387 e. The van der Waals surface area contributed by atoms with Gasteiger partial charge in [0.1, 0.15) is 5.82 Å². The molecule has 2 atom stereocenters. The summed E-state index contributed by atoms with van der Waals surface area (Å²) in [5.74, 6) is -0.284. The Morgan fingerprint density at radius 1 is 1.32 bits per heavy atom. The van der Waals surface area contributed by atoms with Gasteiger partial charge in [0.05, 0.1) is 11.9 Å². The molecule has 0 radical (unpaired) electrons. The van der Waals surface area contributed by atoms with Crippen LogP contribution in [0.5, 0.6) is 0 Å². The summed E-state index contributed by atoms with van der Waals surface area (Å²) in [6, 6.07) is 5.32. The summed E-state index contributed by atoms with van der Waals surface area (Å²) in [6.07, 6.45) is -0.200. The van der Waals surface area contributed by atoms with Crippen LogP contribution >= 0.6 is 0 Å². The summed E-state index contributed by atoms with van der Waals surface area (Å²) in [4.78, 5) is 0. The third-order valence-electron chi connectivity index (χ3n) is 2.95. The molecule has 0 heterocycles. The molecule has 4 nitrogen and oxygen atoms in total. The van der Waals surface area contributed by atoms with E-state index in [9.17, 15) is 17.9 Å². The van der Waals surface area contributed by atoms with Gasteiger partial charge < -0.3 is 5.11 Å². The highest BCUT2D eigenvalue weighted by Crippen LogP contribution is 2.13. The van der Waals surface area contributed by atoms with Crippen LogP contribution in [0.1, 0.15) is 31.9 Å². The van der Waals surface area contributed by atoms with Crippen molar-refractivity contribution in [1.29, 1.82) is 0 Å². The molecule has 19 heavy (non-hydrogen) atoms. The standard InChI is InChI=1S/C13H20FNO3S/c1-3-10(2)9-19(17,18)15-8-13(16)11-4-6-12(14)7-5-11/h4-7,10,13,15-16H,3,8-9H2,1-2H3. The third kappa shape index (κ3) is 5.67. The smallest absolute Gasteiger partial charge is 0.211 e. The highest BCUT2D eigenvalue weighted by Gasteiger charge is 2.16. The van der Waals surface area contributed by atoms with Crippen molar-refractivity contribution in [3.63, 3.8) is 0 Å². The molecule has 0 saturated heterocycles. The summed E-state index contributed by atoms with van der Waals surface area (Å²) < 4.78 is 38.5. The quantitative estimate of drug-likeness (QED) is 0.804. The minimum Gasteiger partial charge on any atom is -0.387 e. The van der Waals surface area contributed by atoms with Crippen molar-refractivity contribution >= 4 is 10.0 Å². The molecule has 0 bridgehead atoms. The van der Waals surface area contributed by atoms with E-state index in [1.54, 1.807) is 0 Å². The molecule has 0 spiro atoms. The normalized spacial score (nSPS) is 15.2. The van der Waals surface area contributed by atoms with E-state index in [1.165, 1.54) is 24.3 Å². The first-order valence-electron chi connectivity index (χ1n) is 6.25. The van der Waals surface area contributed by atoms with Crippen LogP contribution in [0.4, 0.5) is 4.39 Å². The number of rotatable bonds is 7. The van der Waals surface area contributed by atoms with E-state index in [2.05, 4.69) is 4.72 Å². The topological polar surface area (TPSA) is 66.4 Å². The molecular weight excluding hydrogens is 269 g/mol. The molecule has 1 aromatic rings. The molecule has 0 saturated carbocycles. The third-order valence-corrected chi connectivity index (χ3v) is 4.57. The van der Waals surface area contributed by atoms with Crippen LogP contribution in [-0.2, 0) is 10.0 Å². The average Bonchev–Trinajstić information content (AvgIpc) is 2.36. The Hall–Kier alpha value is -0.980. The second kappa shape index (κ2) is 6.98. The number of hydrogen-bond acceptors (Lipinski definition) is 3. The number of nitrogens with one attached hydrogen (secondary N) is 1. The fourth-order valence-corrected chi connectivity index (χ4v) is 3.07. The first-order valence-corrected chi connectivity index (χ1v) is 7.90. The summed E-state index contributed by atoms with van der Waals surface area (Å²) in [7, 11) is -3.39. The fraction of sp³-hybridized carbons (Fsp3) is 0.538. The lowest BCUT2D eigenvalue weighted by atomic mass is 10.1. The lowest BCUT2D eigenvalue weighted by molar-refractivity contribution is 0.182. The first-order chi connectivity index (χ1) is 8.84. The second-order valence-electron chi connectivity index (χ2n) is 4.71. The van der Waals surface area contributed by atoms with E-state index in [-0.39, 0.29) is 18.2 Å². The van der Waals surface area contributed by atoms with E-state index in [0.29, 0.717) is 5.56 Å². The van der Waals surface area contributed by atoms with Gasteiger partial charge in [-0.1, -0.05) is 32.4 Å². The Morgan fingerprint density at radius 3 is 2.42 bits per heavy atom. The number of aliphatic hydroxyl groups is 1. The van der Waals surface area contributed by atoms with Crippen LogP contribution < -0.4 is 4.72 Å².